The number of aromatic nitrogens is 3. The monoisotopic (exact) mass is 569 g/mol. The first-order valence-corrected chi connectivity index (χ1v) is 12.6. The number of anilines is 1. The van der Waals surface area contributed by atoms with E-state index >= 15 is 0 Å². The highest BCUT2D eigenvalue weighted by Crippen LogP contribution is 2.25. The van der Waals surface area contributed by atoms with E-state index in [2.05, 4.69) is 36.8 Å². The number of aryl methyl sites for hydroxylation is 1. The van der Waals surface area contributed by atoms with Gasteiger partial charge in [-0.05, 0) is 62.7 Å². The Morgan fingerprint density at radius 3 is 2.58 bits per heavy atom. The summed E-state index contributed by atoms with van der Waals surface area (Å²) in [4.78, 5) is 25.0. The van der Waals surface area contributed by atoms with Gasteiger partial charge in [0, 0.05) is 22.3 Å². The second-order valence-electron chi connectivity index (χ2n) is 7.21. The molecular formula is C22H22BrCl2N5O2S. The van der Waals surface area contributed by atoms with Gasteiger partial charge in [-0.25, -0.2) is 0 Å². The number of benzene rings is 2. The van der Waals surface area contributed by atoms with Crippen LogP contribution in [0.25, 0.3) is 0 Å². The molecule has 174 valence electrons. The molecule has 2 aromatic carbocycles. The molecule has 0 saturated heterocycles. The van der Waals surface area contributed by atoms with Gasteiger partial charge < -0.3 is 15.2 Å². The Hall–Kier alpha value is -2.07. The van der Waals surface area contributed by atoms with E-state index in [1.807, 2.05) is 43.5 Å². The number of halogens is 3. The Morgan fingerprint density at radius 2 is 1.91 bits per heavy atom. The van der Waals surface area contributed by atoms with Crippen molar-refractivity contribution >= 4 is 68.4 Å². The molecule has 0 bridgehead atoms. The van der Waals surface area contributed by atoms with Crippen LogP contribution in [0, 0.1) is 6.92 Å². The average molecular weight is 571 g/mol. The summed E-state index contributed by atoms with van der Waals surface area (Å²) < 4.78 is 2.83. The summed E-state index contributed by atoms with van der Waals surface area (Å²) in [7, 11) is 0. The number of nitrogens with zero attached hydrogens (tertiary/aromatic N) is 3. The molecule has 1 heterocycles. The van der Waals surface area contributed by atoms with Gasteiger partial charge in [0.1, 0.15) is 0 Å². The fraction of sp³-hybridized carbons (Fsp3) is 0.273. The predicted octanol–water partition coefficient (Wildman–Crippen LogP) is 5.90. The first kappa shape index (κ1) is 25.6. The van der Waals surface area contributed by atoms with Crippen LogP contribution in [0.1, 0.15) is 41.6 Å². The smallest absolute Gasteiger partial charge is 0.251 e. The van der Waals surface area contributed by atoms with E-state index in [4.69, 9.17) is 23.2 Å². The van der Waals surface area contributed by atoms with Crippen molar-refractivity contribution in [3.05, 3.63) is 67.9 Å². The summed E-state index contributed by atoms with van der Waals surface area (Å²) in [5, 5.41) is 15.6. The minimum absolute atomic E-state index is 0.140. The van der Waals surface area contributed by atoms with Gasteiger partial charge >= 0.3 is 0 Å². The molecule has 0 aliphatic carbocycles. The third-order valence-electron chi connectivity index (χ3n) is 4.77. The van der Waals surface area contributed by atoms with Crippen molar-refractivity contribution in [1.29, 1.82) is 0 Å². The third-order valence-corrected chi connectivity index (χ3v) is 6.97. The molecule has 0 unspecified atom stereocenters. The Balaban J connectivity index is 1.64. The van der Waals surface area contributed by atoms with Crippen molar-refractivity contribution in [3.8, 4) is 0 Å². The van der Waals surface area contributed by atoms with Crippen LogP contribution in [-0.2, 0) is 11.3 Å². The second kappa shape index (κ2) is 11.4. The van der Waals surface area contributed by atoms with Gasteiger partial charge in [-0.15, -0.1) is 10.2 Å². The molecule has 0 radical (unpaired) electrons. The maximum absolute atomic E-state index is 12.6. The van der Waals surface area contributed by atoms with E-state index in [0.717, 1.165) is 15.7 Å². The summed E-state index contributed by atoms with van der Waals surface area (Å²) in [5.41, 5.74) is 2.13. The first-order valence-electron chi connectivity index (χ1n) is 10.1. The SMILES string of the molecule is CCn1c(SCC(=O)Nc2ccc(Br)cc2C)nnc1[C@H](C)NC(=O)c1ccc(Cl)c(Cl)c1. The first-order chi connectivity index (χ1) is 15.7. The van der Waals surface area contributed by atoms with Crippen molar-refractivity contribution in [1.82, 2.24) is 20.1 Å². The molecule has 1 aromatic heterocycles. The minimum atomic E-state index is -0.409. The molecule has 0 saturated carbocycles. The van der Waals surface area contributed by atoms with E-state index in [-0.39, 0.29) is 17.6 Å². The number of hydrogen-bond acceptors (Lipinski definition) is 5. The molecule has 0 fully saturated rings. The number of amides is 2. The van der Waals surface area contributed by atoms with Crippen molar-refractivity contribution < 1.29 is 9.59 Å². The zero-order valence-corrected chi connectivity index (χ0v) is 22.1. The van der Waals surface area contributed by atoms with Crippen LogP contribution in [0.3, 0.4) is 0 Å². The van der Waals surface area contributed by atoms with Crippen LogP contribution >= 0.6 is 50.9 Å². The molecule has 2 amide bonds. The lowest BCUT2D eigenvalue weighted by Gasteiger charge is -2.15. The van der Waals surface area contributed by atoms with Crippen molar-refractivity contribution in [3.63, 3.8) is 0 Å². The fourth-order valence-electron chi connectivity index (χ4n) is 3.09. The third kappa shape index (κ3) is 6.50. The summed E-state index contributed by atoms with van der Waals surface area (Å²) in [6.07, 6.45) is 0. The highest BCUT2D eigenvalue weighted by atomic mass is 79.9. The van der Waals surface area contributed by atoms with Crippen LogP contribution in [0.2, 0.25) is 10.0 Å². The van der Waals surface area contributed by atoms with Gasteiger partial charge in [-0.1, -0.05) is 50.9 Å². The van der Waals surface area contributed by atoms with Crippen LogP contribution in [-0.4, -0.2) is 32.3 Å². The molecule has 33 heavy (non-hydrogen) atoms. The maximum Gasteiger partial charge on any atom is 0.251 e. The molecule has 0 aliphatic heterocycles. The summed E-state index contributed by atoms with van der Waals surface area (Å²) in [5.74, 6) is 0.332. The summed E-state index contributed by atoms with van der Waals surface area (Å²) in [6, 6.07) is 9.96. The lowest BCUT2D eigenvalue weighted by molar-refractivity contribution is -0.113. The quantitative estimate of drug-likeness (QED) is 0.329. The molecular weight excluding hydrogens is 549 g/mol. The average Bonchev–Trinajstić information content (AvgIpc) is 3.19. The Labute approximate surface area is 214 Å². The van der Waals surface area contributed by atoms with Gasteiger partial charge in [0.2, 0.25) is 5.91 Å². The number of carbonyl (C=O) groups is 2. The van der Waals surface area contributed by atoms with E-state index in [0.29, 0.717) is 33.1 Å². The molecule has 7 nitrogen and oxygen atoms in total. The van der Waals surface area contributed by atoms with Crippen molar-refractivity contribution in [2.75, 3.05) is 11.1 Å². The van der Waals surface area contributed by atoms with Gasteiger partial charge in [-0.2, -0.15) is 0 Å². The van der Waals surface area contributed by atoms with Crippen molar-refractivity contribution in [2.45, 2.75) is 38.5 Å². The van der Waals surface area contributed by atoms with E-state index in [1.54, 1.807) is 12.1 Å². The number of carbonyl (C=O) groups excluding carboxylic acids is 2. The number of nitrogens with one attached hydrogen (secondary N) is 2. The molecule has 3 rings (SSSR count). The van der Waals surface area contributed by atoms with Crippen LogP contribution in [0.5, 0.6) is 0 Å². The maximum atomic E-state index is 12.6. The Morgan fingerprint density at radius 1 is 1.15 bits per heavy atom. The van der Waals surface area contributed by atoms with Crippen molar-refractivity contribution in [2.24, 2.45) is 0 Å². The van der Waals surface area contributed by atoms with E-state index in [1.165, 1.54) is 17.8 Å². The van der Waals surface area contributed by atoms with Crippen LogP contribution < -0.4 is 10.6 Å². The molecule has 2 N–H and O–H groups in total. The number of hydrogen-bond donors (Lipinski definition) is 2. The second-order valence-corrected chi connectivity index (χ2v) is 9.88. The van der Waals surface area contributed by atoms with Crippen LogP contribution in [0.15, 0.2) is 46.0 Å². The normalized spacial score (nSPS) is 11.8. The highest BCUT2D eigenvalue weighted by Gasteiger charge is 2.20. The predicted molar refractivity (Wildman–Crippen MR) is 136 cm³/mol. The Bertz CT molecular complexity index is 1190. The lowest BCUT2D eigenvalue weighted by Crippen LogP contribution is -2.28. The number of thioether (sulfide) groups is 1. The summed E-state index contributed by atoms with van der Waals surface area (Å²) in [6.45, 7) is 6.30. The van der Waals surface area contributed by atoms with E-state index in [9.17, 15) is 9.59 Å². The zero-order chi connectivity index (χ0) is 24.1. The molecule has 11 heteroatoms. The van der Waals surface area contributed by atoms with E-state index < -0.39 is 6.04 Å². The summed E-state index contributed by atoms with van der Waals surface area (Å²) >= 11 is 16.6. The topological polar surface area (TPSA) is 88.9 Å². The molecule has 1 atom stereocenters. The molecule has 3 aromatic rings. The fourth-order valence-corrected chi connectivity index (χ4v) is 4.67. The standard InChI is InChI=1S/C22H22BrCl2N5O2S/c1-4-30-20(13(3)26-21(32)14-5-7-16(24)17(25)10-14)28-29-22(30)33-11-19(31)27-18-8-6-15(23)9-12(18)2/h5-10,13H,4,11H2,1-3H3,(H,26,32)(H,27,31)/t13-/m0/s1. The minimum Gasteiger partial charge on any atom is -0.342 e. The highest BCUT2D eigenvalue weighted by molar-refractivity contribution is 9.10. The van der Waals surface area contributed by atoms with Gasteiger partial charge in [0.25, 0.3) is 5.91 Å². The van der Waals surface area contributed by atoms with Gasteiger partial charge in [-0.3, -0.25) is 9.59 Å². The van der Waals surface area contributed by atoms with Gasteiger partial charge in [0.05, 0.1) is 21.8 Å². The zero-order valence-electron chi connectivity index (χ0n) is 18.2. The lowest BCUT2D eigenvalue weighted by atomic mass is 10.2. The largest absolute Gasteiger partial charge is 0.342 e. The molecule has 0 spiro atoms. The Kier molecular flexibility index (Phi) is 8.81. The van der Waals surface area contributed by atoms with Gasteiger partial charge in [0.15, 0.2) is 11.0 Å². The molecule has 0 aliphatic rings. The van der Waals surface area contributed by atoms with Crippen LogP contribution in [0.4, 0.5) is 5.69 Å². The number of rotatable bonds is 8.